The number of hydrogen-bond acceptors (Lipinski definition) is 4. The molecule has 5 heteroatoms. The van der Waals surface area contributed by atoms with Gasteiger partial charge in [-0.05, 0) is 47.7 Å². The molecule has 0 unspecified atom stereocenters. The van der Waals surface area contributed by atoms with Crippen LogP contribution >= 0.6 is 22.9 Å². The molecule has 0 aliphatic carbocycles. The van der Waals surface area contributed by atoms with E-state index in [1.807, 2.05) is 59.0 Å². The van der Waals surface area contributed by atoms with E-state index in [-0.39, 0.29) is 0 Å². The number of rotatable bonds is 5. The van der Waals surface area contributed by atoms with Crippen molar-refractivity contribution in [2.75, 3.05) is 11.9 Å². The van der Waals surface area contributed by atoms with Gasteiger partial charge in [-0.15, -0.1) is 11.3 Å². The number of thiophene rings is 1. The molecule has 0 saturated carbocycles. The Labute approximate surface area is 178 Å². The molecule has 1 aromatic carbocycles. The van der Waals surface area contributed by atoms with Gasteiger partial charge in [0.25, 0.3) is 0 Å². The highest BCUT2D eigenvalue weighted by atomic mass is 35.5. The van der Waals surface area contributed by atoms with Gasteiger partial charge in [-0.25, -0.2) is 9.97 Å². The highest BCUT2D eigenvalue weighted by Crippen LogP contribution is 2.29. The van der Waals surface area contributed by atoms with Gasteiger partial charge in [0.2, 0.25) is 0 Å². The van der Waals surface area contributed by atoms with Crippen molar-refractivity contribution in [1.29, 1.82) is 0 Å². The second-order valence-corrected chi connectivity index (χ2v) is 7.00. The summed E-state index contributed by atoms with van der Waals surface area (Å²) in [5, 5.41) is 2.92. The highest BCUT2D eigenvalue weighted by molar-refractivity contribution is 7.11. The van der Waals surface area contributed by atoms with Crippen molar-refractivity contribution in [3.05, 3.63) is 81.5 Å². The summed E-state index contributed by atoms with van der Waals surface area (Å²) in [5.41, 5.74) is 5.25. The Morgan fingerprint density at radius 1 is 1.18 bits per heavy atom. The predicted molar refractivity (Wildman–Crippen MR) is 125 cm³/mol. The summed E-state index contributed by atoms with van der Waals surface area (Å²) in [6.07, 6.45) is 3.38. The van der Waals surface area contributed by atoms with Crippen molar-refractivity contribution in [2.45, 2.75) is 41.2 Å². The third-order valence-corrected chi connectivity index (χ3v) is 5.13. The number of aromatic nitrogens is 2. The van der Waals surface area contributed by atoms with Crippen LogP contribution in [0.5, 0.6) is 0 Å². The fraction of sp³-hybridized carbons (Fsp3) is 0.304. The molecular weight excluding hydrogens is 386 g/mol. The van der Waals surface area contributed by atoms with Crippen molar-refractivity contribution < 1.29 is 0 Å². The summed E-state index contributed by atoms with van der Waals surface area (Å²) < 4.78 is 0. The van der Waals surface area contributed by atoms with Gasteiger partial charge in [-0.2, -0.15) is 0 Å². The van der Waals surface area contributed by atoms with Gasteiger partial charge in [0.05, 0.1) is 0 Å². The minimum absolute atomic E-state index is 0.748. The Hall–Kier alpha value is -2.17. The molecule has 3 nitrogen and oxygen atoms in total. The maximum absolute atomic E-state index is 6.07. The second kappa shape index (κ2) is 12.3. The standard InChI is InChI=1S/C19H18ClN3S.2C2H6/c1-13(18-9-21-12-22-14(18)2)19-7-15(11-24-19)10-23(3)17-6-4-5-16(20)8-17;2*1-2/h4-9,11-12H,1,10H2,2-3H3;2*1-2H3. The number of aryl methyl sites for hydroxylation is 1. The molecule has 0 aliphatic rings. The molecule has 0 fully saturated rings. The third-order valence-electron chi connectivity index (χ3n) is 3.86. The lowest BCUT2D eigenvalue weighted by Gasteiger charge is -2.18. The fourth-order valence-corrected chi connectivity index (χ4v) is 3.59. The minimum atomic E-state index is 0.748. The van der Waals surface area contributed by atoms with Gasteiger partial charge in [-0.3, -0.25) is 0 Å². The third kappa shape index (κ3) is 6.47. The lowest BCUT2D eigenvalue weighted by Crippen LogP contribution is -2.15. The maximum Gasteiger partial charge on any atom is 0.115 e. The van der Waals surface area contributed by atoms with E-state index in [9.17, 15) is 0 Å². The van der Waals surface area contributed by atoms with E-state index in [1.165, 1.54) is 5.56 Å². The molecule has 0 bridgehead atoms. The molecule has 0 aliphatic heterocycles. The molecule has 0 saturated heterocycles. The number of halogens is 1. The molecule has 0 spiro atoms. The molecule has 28 heavy (non-hydrogen) atoms. The largest absolute Gasteiger partial charge is 0.370 e. The van der Waals surface area contributed by atoms with Crippen molar-refractivity contribution in [2.24, 2.45) is 0 Å². The van der Waals surface area contributed by atoms with E-state index in [1.54, 1.807) is 17.7 Å². The first-order valence-electron chi connectivity index (χ1n) is 9.55. The number of hydrogen-bond donors (Lipinski definition) is 0. The quantitative estimate of drug-likeness (QED) is 0.439. The van der Waals surface area contributed by atoms with Gasteiger partial charge in [0, 0.05) is 46.6 Å². The summed E-state index contributed by atoms with van der Waals surface area (Å²) in [6.45, 7) is 15.0. The normalized spacial score (nSPS) is 9.54. The summed E-state index contributed by atoms with van der Waals surface area (Å²) in [6, 6.07) is 10.1. The van der Waals surface area contributed by atoms with E-state index in [2.05, 4.69) is 46.0 Å². The van der Waals surface area contributed by atoms with E-state index in [0.29, 0.717) is 0 Å². The van der Waals surface area contributed by atoms with Crippen molar-refractivity contribution in [3.8, 4) is 0 Å². The zero-order valence-electron chi connectivity index (χ0n) is 17.7. The van der Waals surface area contributed by atoms with Gasteiger partial charge in [-0.1, -0.05) is 51.9 Å². The number of benzene rings is 1. The average Bonchev–Trinajstić information content (AvgIpc) is 3.19. The molecule has 3 aromatic rings. The van der Waals surface area contributed by atoms with Crippen LogP contribution in [0.1, 0.15) is 49.4 Å². The monoisotopic (exact) mass is 415 g/mol. The van der Waals surface area contributed by atoms with Crippen LogP contribution in [-0.2, 0) is 6.54 Å². The van der Waals surface area contributed by atoms with E-state index in [0.717, 1.165) is 39.0 Å². The summed E-state index contributed by atoms with van der Waals surface area (Å²) in [4.78, 5) is 11.7. The molecule has 0 radical (unpaired) electrons. The molecule has 2 heterocycles. The first kappa shape index (κ1) is 23.9. The summed E-state index contributed by atoms with van der Waals surface area (Å²) in [7, 11) is 2.06. The SMILES string of the molecule is C=C(c1cc(CN(C)c2cccc(Cl)c2)cs1)c1cncnc1C.CC.CC. The van der Waals surface area contributed by atoms with Gasteiger partial charge >= 0.3 is 0 Å². The second-order valence-electron chi connectivity index (χ2n) is 5.66. The molecule has 0 amide bonds. The van der Waals surface area contributed by atoms with Gasteiger partial charge in [0.1, 0.15) is 6.33 Å². The van der Waals surface area contributed by atoms with Crippen LogP contribution in [-0.4, -0.2) is 17.0 Å². The summed E-state index contributed by atoms with van der Waals surface area (Å²) in [5.74, 6) is 0. The van der Waals surface area contributed by atoms with Gasteiger partial charge in [0.15, 0.2) is 0 Å². The van der Waals surface area contributed by atoms with E-state index >= 15 is 0 Å². The van der Waals surface area contributed by atoms with E-state index in [4.69, 9.17) is 11.6 Å². The Morgan fingerprint density at radius 2 is 1.89 bits per heavy atom. The first-order valence-corrected chi connectivity index (χ1v) is 10.8. The Kier molecular flexibility index (Phi) is 10.5. The minimum Gasteiger partial charge on any atom is -0.370 e. The molecule has 0 atom stereocenters. The highest BCUT2D eigenvalue weighted by Gasteiger charge is 2.11. The smallest absolute Gasteiger partial charge is 0.115 e. The molecular formula is C23H30ClN3S. The van der Waals surface area contributed by atoms with Crippen LogP contribution in [0.4, 0.5) is 5.69 Å². The first-order chi connectivity index (χ1) is 13.5. The predicted octanol–water partition coefficient (Wildman–Crippen LogP) is 7.25. The molecule has 0 N–H and O–H groups in total. The maximum atomic E-state index is 6.07. The Bertz CT molecular complexity index is 874. The van der Waals surface area contributed by atoms with Crippen LogP contribution in [0.2, 0.25) is 5.02 Å². The van der Waals surface area contributed by atoms with Crippen LogP contribution < -0.4 is 4.90 Å². The fourth-order valence-electron chi connectivity index (χ4n) is 2.52. The van der Waals surface area contributed by atoms with Gasteiger partial charge < -0.3 is 4.90 Å². The zero-order chi connectivity index (χ0) is 21.1. The van der Waals surface area contributed by atoms with Crippen LogP contribution in [0, 0.1) is 6.92 Å². The van der Waals surface area contributed by atoms with Crippen molar-refractivity contribution >= 4 is 34.2 Å². The van der Waals surface area contributed by atoms with Crippen molar-refractivity contribution in [3.63, 3.8) is 0 Å². The van der Waals surface area contributed by atoms with Crippen LogP contribution in [0.25, 0.3) is 5.57 Å². The molecule has 3 rings (SSSR count). The van der Waals surface area contributed by atoms with E-state index < -0.39 is 0 Å². The van der Waals surface area contributed by atoms with Crippen molar-refractivity contribution in [1.82, 2.24) is 9.97 Å². The van der Waals surface area contributed by atoms with Crippen LogP contribution in [0.3, 0.4) is 0 Å². The lowest BCUT2D eigenvalue weighted by molar-refractivity contribution is 0.927. The lowest BCUT2D eigenvalue weighted by atomic mass is 10.1. The Balaban J connectivity index is 0.000000921. The number of nitrogens with zero attached hydrogens (tertiary/aromatic N) is 3. The number of anilines is 1. The average molecular weight is 416 g/mol. The molecule has 2 aromatic heterocycles. The summed E-state index contributed by atoms with van der Waals surface area (Å²) >= 11 is 7.77. The Morgan fingerprint density at radius 3 is 2.54 bits per heavy atom. The molecule has 150 valence electrons. The topological polar surface area (TPSA) is 29.0 Å². The zero-order valence-corrected chi connectivity index (χ0v) is 19.2. The van der Waals surface area contributed by atoms with Crippen LogP contribution in [0.15, 0.2) is 54.8 Å².